The second-order valence-corrected chi connectivity index (χ2v) is 3.89. The predicted molar refractivity (Wildman–Crippen MR) is 60.7 cm³/mol. The molecule has 0 saturated heterocycles. The van der Waals surface area contributed by atoms with Gasteiger partial charge >= 0.3 is 0 Å². The molecule has 0 saturated carbocycles. The van der Waals surface area contributed by atoms with E-state index in [9.17, 15) is 0 Å². The fraction of sp³-hybridized carbons (Fsp3) is 0.727. The largest absolute Gasteiger partial charge is 0.396 e. The molecule has 1 N–H and O–H groups in total. The molecule has 0 aromatic carbocycles. The van der Waals surface area contributed by atoms with Gasteiger partial charge in [0, 0.05) is 32.1 Å². The average Bonchev–Trinajstić information content (AvgIpc) is 2.74. The minimum atomic E-state index is 0.318. The highest BCUT2D eigenvalue weighted by Crippen LogP contribution is 1.97. The van der Waals surface area contributed by atoms with Gasteiger partial charge in [-0.15, -0.1) is 0 Å². The third-order valence-corrected chi connectivity index (χ3v) is 2.50. The Morgan fingerprint density at radius 2 is 2.13 bits per heavy atom. The van der Waals surface area contributed by atoms with Crippen LogP contribution in [0, 0.1) is 0 Å². The van der Waals surface area contributed by atoms with E-state index in [4.69, 9.17) is 5.11 Å². The van der Waals surface area contributed by atoms with Crippen molar-refractivity contribution in [1.29, 1.82) is 0 Å². The van der Waals surface area contributed by atoms with Crippen LogP contribution in [0.3, 0.4) is 0 Å². The van der Waals surface area contributed by atoms with Gasteiger partial charge in [0.15, 0.2) is 0 Å². The first-order valence-electron chi connectivity index (χ1n) is 5.58. The van der Waals surface area contributed by atoms with Crippen molar-refractivity contribution in [1.82, 2.24) is 14.5 Å². The molecule has 4 heteroatoms. The van der Waals surface area contributed by atoms with E-state index in [1.54, 1.807) is 6.20 Å². The van der Waals surface area contributed by atoms with Gasteiger partial charge in [0.25, 0.3) is 0 Å². The number of likely N-dealkylation sites (N-methyl/N-ethyl adjacent to an activating group) is 1. The van der Waals surface area contributed by atoms with Crippen LogP contribution < -0.4 is 0 Å². The van der Waals surface area contributed by atoms with E-state index in [0.717, 1.165) is 32.5 Å². The highest BCUT2D eigenvalue weighted by atomic mass is 16.2. The molecule has 0 aliphatic heterocycles. The molecule has 0 aliphatic rings. The smallest absolute Gasteiger partial charge is 0.0946 e. The van der Waals surface area contributed by atoms with Crippen LogP contribution >= 0.6 is 0 Å². The summed E-state index contributed by atoms with van der Waals surface area (Å²) in [6.45, 7) is 3.47. The fourth-order valence-electron chi connectivity index (χ4n) is 1.49. The van der Waals surface area contributed by atoms with Crippen molar-refractivity contribution in [2.75, 3.05) is 26.7 Å². The lowest BCUT2D eigenvalue weighted by molar-refractivity contribution is 0.270. The lowest BCUT2D eigenvalue weighted by atomic mass is 10.2. The zero-order chi connectivity index (χ0) is 10.9. The van der Waals surface area contributed by atoms with Gasteiger partial charge < -0.3 is 14.6 Å². The van der Waals surface area contributed by atoms with E-state index < -0.39 is 0 Å². The van der Waals surface area contributed by atoms with Gasteiger partial charge in [0.2, 0.25) is 0 Å². The molecule has 1 rings (SSSR count). The zero-order valence-corrected chi connectivity index (χ0v) is 9.47. The molecule has 0 aliphatic carbocycles. The molecule has 0 atom stereocenters. The summed E-state index contributed by atoms with van der Waals surface area (Å²) in [6.07, 6.45) is 8.85. The van der Waals surface area contributed by atoms with Gasteiger partial charge in [-0.25, -0.2) is 4.98 Å². The van der Waals surface area contributed by atoms with Crippen LogP contribution in [0.15, 0.2) is 18.7 Å². The maximum absolute atomic E-state index is 8.64. The van der Waals surface area contributed by atoms with Crippen molar-refractivity contribution < 1.29 is 5.11 Å². The number of unbranched alkanes of at least 4 members (excludes halogenated alkanes) is 2. The van der Waals surface area contributed by atoms with Crippen molar-refractivity contribution in [2.24, 2.45) is 0 Å². The van der Waals surface area contributed by atoms with Crippen LogP contribution in [0.2, 0.25) is 0 Å². The van der Waals surface area contributed by atoms with E-state index >= 15 is 0 Å². The number of aromatic nitrogens is 2. The standard InChI is InChI=1S/C11H21N3O/c1-13(6-3-2-4-10-15)8-9-14-7-5-12-11-14/h5,7,11,15H,2-4,6,8-10H2,1H3. The van der Waals surface area contributed by atoms with Crippen LogP contribution in [-0.4, -0.2) is 46.3 Å². The first kappa shape index (κ1) is 12.2. The van der Waals surface area contributed by atoms with Gasteiger partial charge in [-0.2, -0.15) is 0 Å². The van der Waals surface area contributed by atoms with Crippen molar-refractivity contribution in [2.45, 2.75) is 25.8 Å². The highest BCUT2D eigenvalue weighted by molar-refractivity contribution is 4.74. The summed E-state index contributed by atoms with van der Waals surface area (Å²) in [5.41, 5.74) is 0. The summed E-state index contributed by atoms with van der Waals surface area (Å²) in [6, 6.07) is 0. The molecule has 15 heavy (non-hydrogen) atoms. The number of nitrogens with zero attached hydrogens (tertiary/aromatic N) is 3. The first-order valence-corrected chi connectivity index (χ1v) is 5.58. The van der Waals surface area contributed by atoms with Gasteiger partial charge in [0.1, 0.15) is 0 Å². The Morgan fingerprint density at radius 3 is 2.80 bits per heavy atom. The van der Waals surface area contributed by atoms with E-state index in [-0.39, 0.29) is 0 Å². The third-order valence-electron chi connectivity index (χ3n) is 2.50. The predicted octanol–water partition coefficient (Wildman–Crippen LogP) is 0.977. The fourth-order valence-corrected chi connectivity index (χ4v) is 1.49. The maximum Gasteiger partial charge on any atom is 0.0946 e. The Kier molecular flexibility index (Phi) is 6.04. The van der Waals surface area contributed by atoms with Crippen LogP contribution in [0.5, 0.6) is 0 Å². The molecule has 0 bridgehead atoms. The molecule has 0 radical (unpaired) electrons. The molecule has 1 aromatic rings. The normalized spacial score (nSPS) is 11.1. The zero-order valence-electron chi connectivity index (χ0n) is 9.47. The summed E-state index contributed by atoms with van der Waals surface area (Å²) < 4.78 is 2.09. The van der Waals surface area contributed by atoms with Crippen LogP contribution in [0.1, 0.15) is 19.3 Å². The number of hydrogen-bond donors (Lipinski definition) is 1. The molecule has 0 spiro atoms. The number of rotatable bonds is 8. The minimum absolute atomic E-state index is 0.318. The molecular weight excluding hydrogens is 190 g/mol. The van der Waals surface area contributed by atoms with E-state index in [1.807, 2.05) is 12.5 Å². The third kappa shape index (κ3) is 5.54. The van der Waals surface area contributed by atoms with Crippen molar-refractivity contribution >= 4 is 0 Å². The molecule has 4 nitrogen and oxygen atoms in total. The lowest BCUT2D eigenvalue weighted by Gasteiger charge is -2.16. The Bertz CT molecular complexity index is 236. The van der Waals surface area contributed by atoms with E-state index in [2.05, 4.69) is 21.5 Å². The molecular formula is C11H21N3O. The summed E-state index contributed by atoms with van der Waals surface area (Å²) in [4.78, 5) is 6.32. The Labute approximate surface area is 91.5 Å². The number of imidazole rings is 1. The van der Waals surface area contributed by atoms with Gasteiger partial charge in [-0.1, -0.05) is 0 Å². The quantitative estimate of drug-likeness (QED) is 0.652. The Hall–Kier alpha value is -0.870. The molecule has 86 valence electrons. The van der Waals surface area contributed by atoms with Crippen molar-refractivity contribution in [3.8, 4) is 0 Å². The second-order valence-electron chi connectivity index (χ2n) is 3.89. The second kappa shape index (κ2) is 7.43. The molecule has 0 fully saturated rings. The molecule has 0 unspecified atom stereocenters. The minimum Gasteiger partial charge on any atom is -0.396 e. The van der Waals surface area contributed by atoms with Gasteiger partial charge in [0.05, 0.1) is 6.33 Å². The summed E-state index contributed by atoms with van der Waals surface area (Å²) in [5, 5.41) is 8.64. The summed E-state index contributed by atoms with van der Waals surface area (Å²) >= 11 is 0. The monoisotopic (exact) mass is 211 g/mol. The van der Waals surface area contributed by atoms with Crippen molar-refractivity contribution in [3.63, 3.8) is 0 Å². The summed E-state index contributed by atoms with van der Waals surface area (Å²) in [7, 11) is 2.13. The topological polar surface area (TPSA) is 41.3 Å². The highest BCUT2D eigenvalue weighted by Gasteiger charge is 1.98. The molecule has 0 amide bonds. The summed E-state index contributed by atoms with van der Waals surface area (Å²) in [5.74, 6) is 0. The van der Waals surface area contributed by atoms with Crippen LogP contribution in [0.4, 0.5) is 0 Å². The van der Waals surface area contributed by atoms with Gasteiger partial charge in [-0.05, 0) is 32.9 Å². The van der Waals surface area contributed by atoms with E-state index in [1.165, 1.54) is 6.42 Å². The van der Waals surface area contributed by atoms with Gasteiger partial charge in [-0.3, -0.25) is 0 Å². The lowest BCUT2D eigenvalue weighted by Crippen LogP contribution is -2.24. The maximum atomic E-state index is 8.64. The van der Waals surface area contributed by atoms with Crippen molar-refractivity contribution in [3.05, 3.63) is 18.7 Å². The number of aliphatic hydroxyl groups excluding tert-OH is 1. The number of hydrogen-bond acceptors (Lipinski definition) is 3. The van der Waals surface area contributed by atoms with Crippen LogP contribution in [-0.2, 0) is 6.54 Å². The Balaban J connectivity index is 2.01. The Morgan fingerprint density at radius 1 is 1.27 bits per heavy atom. The number of aliphatic hydroxyl groups is 1. The average molecular weight is 211 g/mol. The van der Waals surface area contributed by atoms with Crippen LogP contribution in [0.25, 0.3) is 0 Å². The van der Waals surface area contributed by atoms with E-state index in [0.29, 0.717) is 6.61 Å². The SMILES string of the molecule is CN(CCCCCO)CCn1ccnc1. The first-order chi connectivity index (χ1) is 7.33. The molecule has 1 heterocycles. The molecule has 1 aromatic heterocycles.